The average molecular weight is 262 g/mol. The van der Waals surface area contributed by atoms with Crippen molar-refractivity contribution in [1.29, 1.82) is 0 Å². The topological polar surface area (TPSA) is 72.6 Å². The molecule has 0 atom stereocenters. The summed E-state index contributed by atoms with van der Waals surface area (Å²) in [5.74, 6) is 0.122. The number of amides is 2. The first kappa shape index (κ1) is 13.4. The molecule has 0 aliphatic carbocycles. The number of rotatable bonds is 2. The van der Waals surface area contributed by atoms with Crippen molar-refractivity contribution >= 4 is 23.2 Å². The summed E-state index contributed by atoms with van der Waals surface area (Å²) in [6.07, 6.45) is 0.658. The Bertz CT molecular complexity index is 517. The smallest absolute Gasteiger partial charge is 0.234 e. The normalized spacial score (nSPS) is 18.6. The first-order valence-corrected chi connectivity index (χ1v) is 6.13. The highest BCUT2D eigenvalue weighted by molar-refractivity contribution is 6.18. The summed E-state index contributed by atoms with van der Waals surface area (Å²) in [5.41, 5.74) is 6.37. The number of piperidine rings is 1. The number of methoxy groups -OCH3 is 1. The minimum atomic E-state index is -0.293. The Balaban J connectivity index is 2.41. The summed E-state index contributed by atoms with van der Waals surface area (Å²) < 4.78 is 5.11. The van der Waals surface area contributed by atoms with Crippen molar-refractivity contribution in [3.05, 3.63) is 18.2 Å². The Morgan fingerprint density at radius 1 is 1.21 bits per heavy atom. The monoisotopic (exact) mass is 262 g/mol. The second-order valence-electron chi connectivity index (χ2n) is 5.57. The van der Waals surface area contributed by atoms with E-state index < -0.39 is 0 Å². The van der Waals surface area contributed by atoms with E-state index in [1.54, 1.807) is 18.2 Å². The van der Waals surface area contributed by atoms with E-state index in [-0.39, 0.29) is 17.2 Å². The molecule has 0 radical (unpaired) electrons. The molecule has 5 nitrogen and oxygen atoms in total. The molecule has 19 heavy (non-hydrogen) atoms. The summed E-state index contributed by atoms with van der Waals surface area (Å²) in [5, 5.41) is 0. The molecule has 1 saturated heterocycles. The van der Waals surface area contributed by atoms with E-state index >= 15 is 0 Å². The number of hydrogen-bond acceptors (Lipinski definition) is 4. The van der Waals surface area contributed by atoms with Crippen molar-refractivity contribution in [3.8, 4) is 5.75 Å². The molecule has 0 unspecified atom stereocenters. The van der Waals surface area contributed by atoms with Crippen LogP contribution >= 0.6 is 0 Å². The Morgan fingerprint density at radius 2 is 1.79 bits per heavy atom. The van der Waals surface area contributed by atoms with Crippen LogP contribution in [0, 0.1) is 5.41 Å². The highest BCUT2D eigenvalue weighted by atomic mass is 16.5. The van der Waals surface area contributed by atoms with Gasteiger partial charge in [-0.25, -0.2) is 4.90 Å². The maximum atomic E-state index is 12.2. The molecule has 0 saturated carbocycles. The van der Waals surface area contributed by atoms with Gasteiger partial charge in [-0.15, -0.1) is 0 Å². The first-order chi connectivity index (χ1) is 8.84. The summed E-state index contributed by atoms with van der Waals surface area (Å²) >= 11 is 0. The molecule has 102 valence electrons. The van der Waals surface area contributed by atoms with Gasteiger partial charge in [-0.2, -0.15) is 0 Å². The molecule has 1 aliphatic heterocycles. The summed E-state index contributed by atoms with van der Waals surface area (Å²) in [6, 6.07) is 4.94. The number of nitrogen functional groups attached to an aromatic ring is 1. The van der Waals surface area contributed by atoms with Crippen LogP contribution in [0.1, 0.15) is 26.7 Å². The lowest BCUT2D eigenvalue weighted by molar-refractivity contribution is -0.132. The molecule has 1 fully saturated rings. The van der Waals surface area contributed by atoms with Gasteiger partial charge in [-0.1, -0.05) is 13.8 Å². The van der Waals surface area contributed by atoms with Gasteiger partial charge in [0, 0.05) is 18.9 Å². The molecule has 1 aromatic carbocycles. The molecule has 1 heterocycles. The lowest BCUT2D eigenvalue weighted by Crippen LogP contribution is -2.46. The van der Waals surface area contributed by atoms with Crippen LogP contribution in [0.2, 0.25) is 0 Å². The molecular formula is C14H18N2O3. The number of anilines is 2. The van der Waals surface area contributed by atoms with Gasteiger partial charge < -0.3 is 10.5 Å². The van der Waals surface area contributed by atoms with Gasteiger partial charge in [0.05, 0.1) is 18.5 Å². The highest BCUT2D eigenvalue weighted by Crippen LogP contribution is 2.37. The highest BCUT2D eigenvalue weighted by Gasteiger charge is 2.38. The molecule has 0 aromatic heterocycles. The predicted molar refractivity (Wildman–Crippen MR) is 72.9 cm³/mol. The second kappa shape index (κ2) is 4.57. The maximum Gasteiger partial charge on any atom is 0.234 e. The average Bonchev–Trinajstić information content (AvgIpc) is 2.29. The van der Waals surface area contributed by atoms with Crippen LogP contribution in [0.3, 0.4) is 0 Å². The fourth-order valence-electron chi connectivity index (χ4n) is 2.29. The number of hydrogen-bond donors (Lipinski definition) is 1. The van der Waals surface area contributed by atoms with Gasteiger partial charge >= 0.3 is 0 Å². The molecule has 1 aromatic rings. The number of carbonyl (C=O) groups is 2. The maximum absolute atomic E-state index is 12.2. The van der Waals surface area contributed by atoms with Crippen molar-refractivity contribution in [2.45, 2.75) is 26.7 Å². The zero-order valence-electron chi connectivity index (χ0n) is 11.4. The number of nitrogens with two attached hydrogens (primary N) is 1. The summed E-state index contributed by atoms with van der Waals surface area (Å²) in [6.45, 7) is 3.82. The van der Waals surface area contributed by atoms with Crippen LogP contribution < -0.4 is 15.4 Å². The Labute approximate surface area is 112 Å². The van der Waals surface area contributed by atoms with E-state index in [0.29, 0.717) is 30.0 Å². The second-order valence-corrected chi connectivity index (χ2v) is 5.57. The Morgan fingerprint density at radius 3 is 2.32 bits per heavy atom. The third kappa shape index (κ3) is 2.54. The van der Waals surface area contributed by atoms with E-state index in [0.717, 1.165) is 0 Å². The number of imide groups is 1. The molecule has 2 amide bonds. The first-order valence-electron chi connectivity index (χ1n) is 6.13. The van der Waals surface area contributed by atoms with Crippen LogP contribution in [0.4, 0.5) is 11.4 Å². The predicted octanol–water partition coefficient (Wildman–Crippen LogP) is 1.96. The van der Waals surface area contributed by atoms with E-state index in [1.165, 1.54) is 12.0 Å². The largest absolute Gasteiger partial charge is 0.497 e. The van der Waals surface area contributed by atoms with Gasteiger partial charge in [-0.3, -0.25) is 9.59 Å². The van der Waals surface area contributed by atoms with Crippen LogP contribution in [-0.4, -0.2) is 18.9 Å². The van der Waals surface area contributed by atoms with Crippen molar-refractivity contribution in [2.75, 3.05) is 17.7 Å². The molecule has 2 rings (SSSR count). The van der Waals surface area contributed by atoms with Crippen LogP contribution in [0.25, 0.3) is 0 Å². The van der Waals surface area contributed by atoms with E-state index in [9.17, 15) is 9.59 Å². The van der Waals surface area contributed by atoms with Crippen molar-refractivity contribution in [1.82, 2.24) is 0 Å². The van der Waals surface area contributed by atoms with Crippen LogP contribution in [0.15, 0.2) is 18.2 Å². The minimum Gasteiger partial charge on any atom is -0.497 e. The third-order valence-corrected chi connectivity index (χ3v) is 3.24. The van der Waals surface area contributed by atoms with Crippen LogP contribution in [0.5, 0.6) is 5.75 Å². The third-order valence-electron chi connectivity index (χ3n) is 3.24. The van der Waals surface area contributed by atoms with Gasteiger partial charge in [-0.05, 0) is 17.5 Å². The lowest BCUT2D eigenvalue weighted by atomic mass is 9.81. The van der Waals surface area contributed by atoms with Gasteiger partial charge in [0.1, 0.15) is 5.75 Å². The number of carbonyl (C=O) groups excluding carboxylic acids is 2. The Hall–Kier alpha value is -2.04. The van der Waals surface area contributed by atoms with Gasteiger partial charge in [0.15, 0.2) is 0 Å². The van der Waals surface area contributed by atoms with E-state index in [2.05, 4.69) is 0 Å². The standard InChI is InChI=1S/C14H18N2O3/c1-14(2)7-12(17)16(13(18)8-14)11-6-9(19-3)4-5-10(11)15/h4-6H,7-8,15H2,1-3H3. The minimum absolute atomic E-state index is 0.221. The van der Waals surface area contributed by atoms with Crippen molar-refractivity contribution in [3.63, 3.8) is 0 Å². The van der Waals surface area contributed by atoms with E-state index in [1.807, 2.05) is 13.8 Å². The fraction of sp³-hybridized carbons (Fsp3) is 0.429. The molecule has 2 N–H and O–H groups in total. The molecule has 5 heteroatoms. The van der Waals surface area contributed by atoms with E-state index in [4.69, 9.17) is 10.5 Å². The zero-order chi connectivity index (χ0) is 14.2. The lowest BCUT2D eigenvalue weighted by Gasteiger charge is -2.35. The van der Waals surface area contributed by atoms with Crippen molar-refractivity contribution < 1.29 is 14.3 Å². The summed E-state index contributed by atoms with van der Waals surface area (Å²) in [7, 11) is 1.53. The Kier molecular flexibility index (Phi) is 3.22. The molecule has 1 aliphatic rings. The van der Waals surface area contributed by atoms with Crippen LogP contribution in [-0.2, 0) is 9.59 Å². The number of ether oxygens (including phenoxy) is 1. The zero-order valence-corrected chi connectivity index (χ0v) is 11.4. The van der Waals surface area contributed by atoms with Gasteiger partial charge in [0.2, 0.25) is 11.8 Å². The number of benzene rings is 1. The molecular weight excluding hydrogens is 244 g/mol. The molecule has 0 bridgehead atoms. The quantitative estimate of drug-likeness (QED) is 0.653. The molecule has 0 spiro atoms. The van der Waals surface area contributed by atoms with Gasteiger partial charge in [0.25, 0.3) is 0 Å². The SMILES string of the molecule is COc1ccc(N)c(N2C(=O)CC(C)(C)CC2=O)c1. The van der Waals surface area contributed by atoms with Crippen molar-refractivity contribution in [2.24, 2.45) is 5.41 Å². The number of nitrogens with zero attached hydrogens (tertiary/aromatic N) is 1. The fourth-order valence-corrected chi connectivity index (χ4v) is 2.29. The summed E-state index contributed by atoms with van der Waals surface area (Å²) in [4.78, 5) is 25.5.